The van der Waals surface area contributed by atoms with Gasteiger partial charge in [-0.2, -0.15) is 0 Å². The Kier molecular flexibility index (Phi) is 5.37. The third-order valence-corrected chi connectivity index (χ3v) is 3.59. The average Bonchev–Trinajstić information content (AvgIpc) is 2.48. The van der Waals surface area contributed by atoms with Gasteiger partial charge in [0.15, 0.2) is 0 Å². The molecule has 0 spiro atoms. The number of hydrogen-bond acceptors (Lipinski definition) is 2. The van der Waals surface area contributed by atoms with Crippen molar-refractivity contribution in [1.29, 1.82) is 0 Å². The van der Waals surface area contributed by atoms with Crippen LogP contribution in [-0.4, -0.2) is 17.1 Å². The van der Waals surface area contributed by atoms with Crippen LogP contribution in [0, 0.1) is 0 Å². The molecule has 2 aromatic carbocycles. The molecule has 21 heavy (non-hydrogen) atoms. The smallest absolute Gasteiger partial charge is 0.253 e. The van der Waals surface area contributed by atoms with Crippen molar-refractivity contribution in [1.82, 2.24) is 5.32 Å². The molecule has 0 aliphatic rings. The normalized spacial score (nSPS) is 13.5. The first-order valence-corrected chi connectivity index (χ1v) is 7.24. The van der Waals surface area contributed by atoms with Crippen LogP contribution in [0.2, 0.25) is 5.02 Å². The number of amides is 1. The summed E-state index contributed by atoms with van der Waals surface area (Å²) in [6.45, 7) is 1.86. The summed E-state index contributed by atoms with van der Waals surface area (Å²) in [6, 6.07) is 16.1. The zero-order valence-electron chi connectivity index (χ0n) is 11.8. The third kappa shape index (κ3) is 4.31. The number of benzene rings is 2. The Labute approximate surface area is 129 Å². The number of aliphatic hydroxyl groups is 1. The molecule has 0 bridgehead atoms. The summed E-state index contributed by atoms with van der Waals surface area (Å²) >= 11 is 5.99. The molecule has 1 amide bonds. The molecule has 110 valence electrons. The molecule has 4 heteroatoms. The van der Waals surface area contributed by atoms with Crippen molar-refractivity contribution in [2.45, 2.75) is 25.5 Å². The Morgan fingerprint density at radius 2 is 1.76 bits per heavy atom. The lowest BCUT2D eigenvalue weighted by molar-refractivity contribution is 0.0917. The summed E-state index contributed by atoms with van der Waals surface area (Å²) in [5.74, 6) is -0.228. The Hall–Kier alpha value is -1.84. The summed E-state index contributed by atoms with van der Waals surface area (Å²) in [5, 5.41) is 13.4. The number of nitrogens with one attached hydrogen (secondary N) is 1. The Bertz CT molecular complexity index is 601. The minimum Gasteiger partial charge on any atom is -0.388 e. The summed E-state index contributed by atoms with van der Waals surface area (Å²) in [7, 11) is 0. The monoisotopic (exact) mass is 303 g/mol. The Balaban J connectivity index is 1.94. The predicted octanol–water partition coefficient (Wildman–Crippen LogP) is 3.58. The highest BCUT2D eigenvalue weighted by Gasteiger charge is 2.16. The van der Waals surface area contributed by atoms with E-state index in [4.69, 9.17) is 11.6 Å². The summed E-state index contributed by atoms with van der Waals surface area (Å²) in [5.41, 5.74) is 1.29. The fourth-order valence-corrected chi connectivity index (χ4v) is 2.37. The minimum atomic E-state index is -0.604. The molecule has 0 saturated carbocycles. The summed E-state index contributed by atoms with van der Waals surface area (Å²) < 4.78 is 0. The van der Waals surface area contributed by atoms with E-state index in [0.717, 1.165) is 5.56 Å². The summed E-state index contributed by atoms with van der Waals surface area (Å²) in [6.07, 6.45) is -0.159. The van der Waals surface area contributed by atoms with Gasteiger partial charge in [-0.05, 0) is 31.0 Å². The number of hydrogen-bond donors (Lipinski definition) is 2. The molecule has 2 aromatic rings. The van der Waals surface area contributed by atoms with Crippen LogP contribution in [0.3, 0.4) is 0 Å². The quantitative estimate of drug-likeness (QED) is 0.887. The fourth-order valence-electron chi connectivity index (χ4n) is 2.15. The maximum atomic E-state index is 12.1. The molecule has 0 unspecified atom stereocenters. The maximum absolute atomic E-state index is 12.1. The number of carbonyl (C=O) groups is 1. The van der Waals surface area contributed by atoms with Crippen LogP contribution in [0.5, 0.6) is 0 Å². The van der Waals surface area contributed by atoms with Gasteiger partial charge < -0.3 is 10.4 Å². The van der Waals surface area contributed by atoms with E-state index < -0.39 is 6.10 Å². The first kappa shape index (κ1) is 15.5. The number of aliphatic hydroxyl groups excluding tert-OH is 1. The van der Waals surface area contributed by atoms with Crippen molar-refractivity contribution in [3.05, 3.63) is 70.7 Å². The highest BCUT2D eigenvalue weighted by Crippen LogP contribution is 2.19. The van der Waals surface area contributed by atoms with Crippen LogP contribution < -0.4 is 5.32 Å². The lowest BCUT2D eigenvalue weighted by atomic mass is 10.0. The maximum Gasteiger partial charge on any atom is 0.253 e. The van der Waals surface area contributed by atoms with Crippen molar-refractivity contribution in [3.8, 4) is 0 Å². The van der Waals surface area contributed by atoms with Gasteiger partial charge >= 0.3 is 0 Å². The molecule has 2 rings (SSSR count). The van der Waals surface area contributed by atoms with Gasteiger partial charge in [0.2, 0.25) is 0 Å². The topological polar surface area (TPSA) is 49.3 Å². The standard InChI is InChI=1S/C17H18ClNO2/c1-12(11-16(20)13-7-3-2-4-8-13)19-17(21)14-9-5-6-10-15(14)18/h2-10,12,16,20H,11H2,1H3,(H,19,21)/t12-,16+/m1/s1. The third-order valence-electron chi connectivity index (χ3n) is 3.26. The van der Waals surface area contributed by atoms with Crippen LogP contribution in [0.1, 0.15) is 35.4 Å². The van der Waals surface area contributed by atoms with Crippen LogP contribution in [0.25, 0.3) is 0 Å². The molecule has 3 nitrogen and oxygen atoms in total. The van der Waals surface area contributed by atoms with E-state index in [1.807, 2.05) is 37.3 Å². The minimum absolute atomic E-state index is 0.163. The molecule has 2 N–H and O–H groups in total. The van der Waals surface area contributed by atoms with Gasteiger partial charge in [-0.25, -0.2) is 0 Å². The second-order valence-electron chi connectivity index (χ2n) is 5.02. The van der Waals surface area contributed by atoms with E-state index in [-0.39, 0.29) is 11.9 Å². The highest BCUT2D eigenvalue weighted by atomic mass is 35.5. The average molecular weight is 304 g/mol. The molecular formula is C17H18ClNO2. The molecular weight excluding hydrogens is 286 g/mol. The molecule has 0 aromatic heterocycles. The lowest BCUT2D eigenvalue weighted by Gasteiger charge is -2.18. The lowest BCUT2D eigenvalue weighted by Crippen LogP contribution is -2.33. The van der Waals surface area contributed by atoms with Crippen LogP contribution in [0.15, 0.2) is 54.6 Å². The van der Waals surface area contributed by atoms with E-state index in [0.29, 0.717) is 17.0 Å². The second kappa shape index (κ2) is 7.25. The number of carbonyl (C=O) groups excluding carboxylic acids is 1. The Morgan fingerprint density at radius 3 is 2.43 bits per heavy atom. The van der Waals surface area contributed by atoms with Gasteiger partial charge in [0, 0.05) is 6.04 Å². The molecule has 0 aliphatic carbocycles. The fraction of sp³-hybridized carbons (Fsp3) is 0.235. The molecule has 0 heterocycles. The highest BCUT2D eigenvalue weighted by molar-refractivity contribution is 6.33. The molecule has 0 fully saturated rings. The van der Waals surface area contributed by atoms with Crippen molar-refractivity contribution < 1.29 is 9.90 Å². The van der Waals surface area contributed by atoms with Gasteiger partial charge in [-0.1, -0.05) is 54.1 Å². The predicted molar refractivity (Wildman–Crippen MR) is 84.4 cm³/mol. The molecule has 0 radical (unpaired) electrons. The SMILES string of the molecule is C[C@H](C[C@H](O)c1ccccc1)NC(=O)c1ccccc1Cl. The van der Waals surface area contributed by atoms with Crippen molar-refractivity contribution >= 4 is 17.5 Å². The van der Waals surface area contributed by atoms with Crippen LogP contribution in [-0.2, 0) is 0 Å². The zero-order valence-corrected chi connectivity index (χ0v) is 12.5. The summed E-state index contributed by atoms with van der Waals surface area (Å²) in [4.78, 5) is 12.1. The van der Waals surface area contributed by atoms with E-state index in [1.54, 1.807) is 24.3 Å². The number of rotatable bonds is 5. The van der Waals surface area contributed by atoms with Gasteiger partial charge in [0.05, 0.1) is 16.7 Å². The Morgan fingerprint density at radius 1 is 1.14 bits per heavy atom. The zero-order chi connectivity index (χ0) is 15.2. The van der Waals surface area contributed by atoms with Gasteiger partial charge in [0.25, 0.3) is 5.91 Å². The van der Waals surface area contributed by atoms with E-state index >= 15 is 0 Å². The van der Waals surface area contributed by atoms with Gasteiger partial charge in [0.1, 0.15) is 0 Å². The van der Waals surface area contributed by atoms with Crippen LogP contribution in [0.4, 0.5) is 0 Å². The van der Waals surface area contributed by atoms with Crippen molar-refractivity contribution in [3.63, 3.8) is 0 Å². The van der Waals surface area contributed by atoms with Gasteiger partial charge in [-0.15, -0.1) is 0 Å². The molecule has 2 atom stereocenters. The van der Waals surface area contributed by atoms with E-state index in [1.165, 1.54) is 0 Å². The first-order valence-electron chi connectivity index (χ1n) is 6.86. The van der Waals surface area contributed by atoms with E-state index in [2.05, 4.69) is 5.32 Å². The largest absolute Gasteiger partial charge is 0.388 e. The second-order valence-corrected chi connectivity index (χ2v) is 5.42. The van der Waals surface area contributed by atoms with Crippen molar-refractivity contribution in [2.75, 3.05) is 0 Å². The van der Waals surface area contributed by atoms with Gasteiger partial charge in [-0.3, -0.25) is 4.79 Å². The molecule has 0 saturated heterocycles. The van der Waals surface area contributed by atoms with Crippen molar-refractivity contribution in [2.24, 2.45) is 0 Å². The number of halogens is 1. The van der Waals surface area contributed by atoms with E-state index in [9.17, 15) is 9.90 Å². The molecule has 0 aliphatic heterocycles. The first-order chi connectivity index (χ1) is 10.1. The van der Waals surface area contributed by atoms with Crippen LogP contribution >= 0.6 is 11.6 Å².